The SMILES string of the molecule is CN(CC(=O)N1CCNCC1)S(=O)(=O)c1ccc2oc(=O)ccc2c1.Cl. The minimum absolute atomic E-state index is 0. The van der Waals surface area contributed by atoms with Crippen LogP contribution >= 0.6 is 12.4 Å². The summed E-state index contributed by atoms with van der Waals surface area (Å²) in [5.41, 5.74) is -0.187. The van der Waals surface area contributed by atoms with Gasteiger partial charge in [-0.2, -0.15) is 4.31 Å². The van der Waals surface area contributed by atoms with Crippen LogP contribution in [0, 0.1) is 0 Å². The van der Waals surface area contributed by atoms with Crippen LogP contribution in [0.3, 0.4) is 0 Å². The number of fused-ring (bicyclic) bond motifs is 1. The summed E-state index contributed by atoms with van der Waals surface area (Å²) in [5, 5.41) is 3.65. The Bertz CT molecular complexity index is 954. The number of carbonyl (C=O) groups is 1. The molecule has 3 rings (SSSR count). The number of amides is 1. The first kappa shape index (κ1) is 20.4. The number of benzene rings is 1. The number of nitrogens with one attached hydrogen (secondary N) is 1. The molecule has 1 aliphatic rings. The molecule has 1 saturated heterocycles. The van der Waals surface area contributed by atoms with Crippen LogP contribution in [-0.4, -0.2) is 63.3 Å². The summed E-state index contributed by atoms with van der Waals surface area (Å²) in [7, 11) is -2.44. The molecule has 0 unspecified atom stereocenters. The van der Waals surface area contributed by atoms with E-state index in [0.717, 1.165) is 4.31 Å². The maximum atomic E-state index is 12.7. The van der Waals surface area contributed by atoms with Crippen molar-refractivity contribution in [1.82, 2.24) is 14.5 Å². The van der Waals surface area contributed by atoms with E-state index in [4.69, 9.17) is 4.42 Å². The highest BCUT2D eigenvalue weighted by Gasteiger charge is 2.26. The zero-order valence-electron chi connectivity index (χ0n) is 14.2. The molecule has 0 radical (unpaired) electrons. The fraction of sp³-hybridized carbons (Fsp3) is 0.375. The van der Waals surface area contributed by atoms with Gasteiger partial charge in [0.2, 0.25) is 15.9 Å². The van der Waals surface area contributed by atoms with Crippen molar-refractivity contribution in [3.63, 3.8) is 0 Å². The van der Waals surface area contributed by atoms with Gasteiger partial charge in [0.25, 0.3) is 0 Å². The Hall–Kier alpha value is -1.94. The summed E-state index contributed by atoms with van der Waals surface area (Å²) in [6, 6.07) is 6.98. The lowest BCUT2D eigenvalue weighted by molar-refractivity contribution is -0.131. The summed E-state index contributed by atoms with van der Waals surface area (Å²) in [4.78, 5) is 25.2. The Morgan fingerprint density at radius 3 is 2.62 bits per heavy atom. The lowest BCUT2D eigenvalue weighted by Gasteiger charge is -2.29. The highest BCUT2D eigenvalue weighted by Crippen LogP contribution is 2.20. The molecular formula is C16H20ClN3O5S. The van der Waals surface area contributed by atoms with Gasteiger partial charge in [-0.1, -0.05) is 0 Å². The minimum Gasteiger partial charge on any atom is -0.423 e. The Morgan fingerprint density at radius 1 is 1.23 bits per heavy atom. The molecule has 0 bridgehead atoms. The highest BCUT2D eigenvalue weighted by atomic mass is 35.5. The van der Waals surface area contributed by atoms with E-state index in [0.29, 0.717) is 37.1 Å². The molecule has 10 heteroatoms. The van der Waals surface area contributed by atoms with E-state index in [9.17, 15) is 18.0 Å². The number of carbonyl (C=O) groups excluding carboxylic acids is 1. The van der Waals surface area contributed by atoms with Crippen LogP contribution in [0.15, 0.2) is 44.4 Å². The van der Waals surface area contributed by atoms with E-state index in [2.05, 4.69) is 5.32 Å². The van der Waals surface area contributed by atoms with E-state index in [1.807, 2.05) is 0 Å². The summed E-state index contributed by atoms with van der Waals surface area (Å²) in [6.45, 7) is 2.34. The molecule has 0 spiro atoms. The molecule has 1 N–H and O–H groups in total. The Morgan fingerprint density at radius 2 is 1.92 bits per heavy atom. The second kappa shape index (κ2) is 8.17. The zero-order chi connectivity index (χ0) is 18.0. The fourth-order valence-corrected chi connectivity index (χ4v) is 3.84. The van der Waals surface area contributed by atoms with Gasteiger partial charge >= 0.3 is 5.63 Å². The van der Waals surface area contributed by atoms with Gasteiger partial charge in [-0.25, -0.2) is 13.2 Å². The normalized spacial score (nSPS) is 15.1. The first-order valence-electron chi connectivity index (χ1n) is 7.87. The van der Waals surface area contributed by atoms with Gasteiger partial charge in [-0.15, -0.1) is 12.4 Å². The van der Waals surface area contributed by atoms with Crippen LogP contribution in [0.5, 0.6) is 0 Å². The molecule has 1 aliphatic heterocycles. The standard InChI is InChI=1S/C16H19N3O5S.ClH/c1-18(11-15(20)19-8-6-17-7-9-19)25(22,23)13-3-4-14-12(10-13)2-5-16(21)24-14;/h2-5,10,17H,6-9,11H2,1H3;1H. The van der Waals surface area contributed by atoms with Crippen molar-refractivity contribution < 1.29 is 17.6 Å². The number of likely N-dealkylation sites (N-methyl/N-ethyl adjacent to an activating group) is 1. The lowest BCUT2D eigenvalue weighted by atomic mass is 10.2. The molecule has 0 saturated carbocycles. The lowest BCUT2D eigenvalue weighted by Crippen LogP contribution is -2.49. The van der Waals surface area contributed by atoms with E-state index in [1.54, 1.807) is 4.90 Å². The van der Waals surface area contributed by atoms with Gasteiger partial charge in [0, 0.05) is 44.7 Å². The van der Waals surface area contributed by atoms with Gasteiger partial charge in [-0.3, -0.25) is 4.79 Å². The van der Waals surface area contributed by atoms with Gasteiger partial charge < -0.3 is 14.6 Å². The van der Waals surface area contributed by atoms with E-state index in [-0.39, 0.29) is 29.8 Å². The van der Waals surface area contributed by atoms with Crippen molar-refractivity contribution in [3.05, 3.63) is 40.8 Å². The van der Waals surface area contributed by atoms with Gasteiger partial charge in [0.15, 0.2) is 0 Å². The second-order valence-electron chi connectivity index (χ2n) is 5.85. The summed E-state index contributed by atoms with van der Waals surface area (Å²) in [5.74, 6) is -0.223. The number of halogens is 1. The first-order chi connectivity index (χ1) is 11.9. The monoisotopic (exact) mass is 401 g/mol. The molecule has 26 heavy (non-hydrogen) atoms. The third-order valence-electron chi connectivity index (χ3n) is 4.13. The number of hydrogen-bond acceptors (Lipinski definition) is 6. The smallest absolute Gasteiger partial charge is 0.336 e. The van der Waals surface area contributed by atoms with Crippen molar-refractivity contribution in [2.75, 3.05) is 39.8 Å². The van der Waals surface area contributed by atoms with E-state index >= 15 is 0 Å². The van der Waals surface area contributed by atoms with Crippen LogP contribution in [0.25, 0.3) is 11.0 Å². The predicted molar refractivity (Wildman–Crippen MR) is 99.0 cm³/mol. The maximum Gasteiger partial charge on any atom is 0.336 e. The largest absolute Gasteiger partial charge is 0.423 e. The topological polar surface area (TPSA) is 99.9 Å². The number of piperazine rings is 1. The number of sulfonamides is 1. The Balaban J connectivity index is 0.00000243. The first-order valence-corrected chi connectivity index (χ1v) is 9.31. The molecule has 1 amide bonds. The van der Waals surface area contributed by atoms with Crippen molar-refractivity contribution in [1.29, 1.82) is 0 Å². The van der Waals surface area contributed by atoms with E-state index < -0.39 is 15.6 Å². The molecule has 2 aromatic rings. The Kier molecular flexibility index (Phi) is 6.40. The van der Waals surface area contributed by atoms with Crippen molar-refractivity contribution in [2.45, 2.75) is 4.90 Å². The highest BCUT2D eigenvalue weighted by molar-refractivity contribution is 7.89. The molecule has 1 fully saturated rings. The predicted octanol–water partition coefficient (Wildman–Crippen LogP) is 0.267. The zero-order valence-corrected chi connectivity index (χ0v) is 15.8. The molecule has 0 atom stereocenters. The Labute approximate surface area is 157 Å². The van der Waals surface area contributed by atoms with Crippen molar-refractivity contribution in [2.24, 2.45) is 0 Å². The summed E-state index contributed by atoms with van der Waals surface area (Å²) < 4.78 is 31.5. The van der Waals surface area contributed by atoms with Crippen LogP contribution in [-0.2, 0) is 14.8 Å². The maximum absolute atomic E-state index is 12.7. The minimum atomic E-state index is -3.82. The van der Waals surface area contributed by atoms with Crippen molar-refractivity contribution in [3.8, 4) is 0 Å². The quantitative estimate of drug-likeness (QED) is 0.738. The van der Waals surface area contributed by atoms with Gasteiger partial charge in [-0.05, 0) is 24.3 Å². The van der Waals surface area contributed by atoms with E-state index in [1.165, 1.54) is 37.4 Å². The third kappa shape index (κ3) is 4.24. The van der Waals surface area contributed by atoms with Gasteiger partial charge in [0.1, 0.15) is 5.58 Å². The number of nitrogens with zero attached hydrogens (tertiary/aromatic N) is 2. The fourth-order valence-electron chi connectivity index (χ4n) is 2.68. The molecule has 142 valence electrons. The molecule has 8 nitrogen and oxygen atoms in total. The summed E-state index contributed by atoms with van der Waals surface area (Å²) in [6.07, 6.45) is 0. The van der Waals surface area contributed by atoms with Crippen LogP contribution < -0.4 is 10.9 Å². The van der Waals surface area contributed by atoms with Crippen LogP contribution in [0.1, 0.15) is 0 Å². The third-order valence-corrected chi connectivity index (χ3v) is 5.93. The van der Waals surface area contributed by atoms with Crippen molar-refractivity contribution >= 4 is 39.3 Å². The molecule has 0 aliphatic carbocycles. The molecule has 1 aromatic carbocycles. The van der Waals surface area contributed by atoms with Crippen LogP contribution in [0.2, 0.25) is 0 Å². The summed E-state index contributed by atoms with van der Waals surface area (Å²) >= 11 is 0. The molecule has 2 heterocycles. The average Bonchev–Trinajstić information content (AvgIpc) is 2.61. The molecule has 1 aromatic heterocycles. The van der Waals surface area contributed by atoms with Crippen LogP contribution in [0.4, 0.5) is 0 Å². The van der Waals surface area contributed by atoms with Gasteiger partial charge in [0.05, 0.1) is 11.4 Å². The average molecular weight is 402 g/mol. The number of rotatable bonds is 4. The molecular weight excluding hydrogens is 382 g/mol. The number of hydrogen-bond donors (Lipinski definition) is 1. The second-order valence-corrected chi connectivity index (χ2v) is 7.89.